The van der Waals surface area contributed by atoms with Crippen LogP contribution >= 0.6 is 0 Å². The summed E-state index contributed by atoms with van der Waals surface area (Å²) in [5, 5.41) is 9.63. The van der Waals surface area contributed by atoms with Crippen LogP contribution in [0.3, 0.4) is 0 Å². The van der Waals surface area contributed by atoms with Gasteiger partial charge in [0.05, 0.1) is 11.3 Å². The minimum Gasteiger partial charge on any atom is -0.298 e. The third-order valence-electron chi connectivity index (χ3n) is 2.77. The summed E-state index contributed by atoms with van der Waals surface area (Å²) in [5.41, 5.74) is 1.58. The standard InChI is InChI=1S/C14H8FN3/c15-12-3-1-2-4-13(12)18-6-5-11-7-10(8-16)9-17-14(11)18/h1-7,9H. The van der Waals surface area contributed by atoms with E-state index in [1.807, 2.05) is 12.1 Å². The lowest BCUT2D eigenvalue weighted by molar-refractivity contribution is 0.619. The monoisotopic (exact) mass is 237 g/mol. The van der Waals surface area contributed by atoms with Crippen LogP contribution in [0.1, 0.15) is 5.56 Å². The van der Waals surface area contributed by atoms with Crippen LogP contribution < -0.4 is 0 Å². The van der Waals surface area contributed by atoms with Gasteiger partial charge in [-0.1, -0.05) is 12.1 Å². The number of pyridine rings is 1. The number of rotatable bonds is 1. The number of hydrogen-bond donors (Lipinski definition) is 0. The summed E-state index contributed by atoms with van der Waals surface area (Å²) in [7, 11) is 0. The van der Waals surface area contributed by atoms with E-state index in [9.17, 15) is 4.39 Å². The molecule has 86 valence electrons. The molecular formula is C14H8FN3. The highest BCUT2D eigenvalue weighted by molar-refractivity contribution is 5.79. The van der Waals surface area contributed by atoms with E-state index in [0.29, 0.717) is 16.9 Å². The normalized spacial score (nSPS) is 10.4. The van der Waals surface area contributed by atoms with E-state index < -0.39 is 0 Å². The Morgan fingerprint density at radius 1 is 1.22 bits per heavy atom. The quantitative estimate of drug-likeness (QED) is 0.652. The molecular weight excluding hydrogens is 229 g/mol. The van der Waals surface area contributed by atoms with Gasteiger partial charge in [0.15, 0.2) is 0 Å². The van der Waals surface area contributed by atoms with Crippen molar-refractivity contribution in [2.24, 2.45) is 0 Å². The van der Waals surface area contributed by atoms with E-state index in [2.05, 4.69) is 4.98 Å². The zero-order chi connectivity index (χ0) is 12.5. The van der Waals surface area contributed by atoms with Crippen LogP contribution in [0.4, 0.5) is 4.39 Å². The van der Waals surface area contributed by atoms with Crippen LogP contribution in [0.15, 0.2) is 48.8 Å². The second-order valence-corrected chi connectivity index (χ2v) is 3.89. The van der Waals surface area contributed by atoms with E-state index in [0.717, 1.165) is 5.39 Å². The lowest BCUT2D eigenvalue weighted by Crippen LogP contribution is -1.96. The molecule has 4 heteroatoms. The van der Waals surface area contributed by atoms with Crippen LogP contribution in [0, 0.1) is 17.1 Å². The molecule has 0 N–H and O–H groups in total. The predicted molar refractivity (Wildman–Crippen MR) is 65.7 cm³/mol. The number of halogens is 1. The van der Waals surface area contributed by atoms with Crippen LogP contribution in [-0.2, 0) is 0 Å². The molecule has 0 bridgehead atoms. The Morgan fingerprint density at radius 3 is 2.83 bits per heavy atom. The van der Waals surface area contributed by atoms with E-state index in [-0.39, 0.29) is 5.82 Å². The number of para-hydroxylation sites is 1. The fourth-order valence-electron chi connectivity index (χ4n) is 1.93. The van der Waals surface area contributed by atoms with Gasteiger partial charge in [0.25, 0.3) is 0 Å². The number of benzene rings is 1. The molecule has 0 saturated heterocycles. The zero-order valence-corrected chi connectivity index (χ0v) is 9.34. The van der Waals surface area contributed by atoms with Crippen molar-refractivity contribution in [2.45, 2.75) is 0 Å². The summed E-state index contributed by atoms with van der Waals surface area (Å²) in [6.45, 7) is 0. The highest BCUT2D eigenvalue weighted by Crippen LogP contribution is 2.21. The van der Waals surface area contributed by atoms with Gasteiger partial charge in [0.1, 0.15) is 17.5 Å². The molecule has 0 fully saturated rings. The number of aromatic nitrogens is 2. The Bertz CT molecular complexity index is 768. The van der Waals surface area contributed by atoms with Crippen molar-refractivity contribution in [3.63, 3.8) is 0 Å². The summed E-state index contributed by atoms with van der Waals surface area (Å²) in [6.07, 6.45) is 3.23. The lowest BCUT2D eigenvalue weighted by Gasteiger charge is -2.05. The van der Waals surface area contributed by atoms with Crippen molar-refractivity contribution < 1.29 is 4.39 Å². The summed E-state index contributed by atoms with van der Waals surface area (Å²) in [5.74, 6) is -0.304. The fraction of sp³-hybridized carbons (Fsp3) is 0. The van der Waals surface area contributed by atoms with E-state index in [1.54, 1.807) is 35.0 Å². The van der Waals surface area contributed by atoms with Crippen LogP contribution in [0.25, 0.3) is 16.7 Å². The molecule has 0 amide bonds. The van der Waals surface area contributed by atoms with Gasteiger partial charge in [0.2, 0.25) is 0 Å². The Hall–Kier alpha value is -2.67. The summed E-state index contributed by atoms with van der Waals surface area (Å²) >= 11 is 0. The Morgan fingerprint density at radius 2 is 2.06 bits per heavy atom. The van der Waals surface area contributed by atoms with Gasteiger partial charge < -0.3 is 0 Å². The molecule has 0 aliphatic carbocycles. The van der Waals surface area contributed by atoms with Gasteiger partial charge in [-0.3, -0.25) is 4.57 Å². The van der Waals surface area contributed by atoms with Gasteiger partial charge in [-0.25, -0.2) is 9.37 Å². The van der Waals surface area contributed by atoms with Crippen LogP contribution in [0.2, 0.25) is 0 Å². The molecule has 0 aliphatic heterocycles. The molecule has 0 atom stereocenters. The van der Waals surface area contributed by atoms with Gasteiger partial charge in [-0.15, -0.1) is 0 Å². The molecule has 18 heavy (non-hydrogen) atoms. The molecule has 0 saturated carbocycles. The lowest BCUT2D eigenvalue weighted by atomic mass is 10.2. The average Bonchev–Trinajstić information content (AvgIpc) is 2.82. The largest absolute Gasteiger partial charge is 0.298 e. The first kappa shape index (κ1) is 10.5. The fourth-order valence-corrected chi connectivity index (χ4v) is 1.93. The van der Waals surface area contributed by atoms with E-state index >= 15 is 0 Å². The molecule has 3 aromatic rings. The molecule has 0 radical (unpaired) electrons. The molecule has 1 aromatic carbocycles. The Balaban J connectivity index is 2.26. The van der Waals surface area contributed by atoms with Gasteiger partial charge in [0, 0.05) is 17.8 Å². The van der Waals surface area contributed by atoms with Crippen molar-refractivity contribution in [1.82, 2.24) is 9.55 Å². The summed E-state index contributed by atoms with van der Waals surface area (Å²) < 4.78 is 15.4. The average molecular weight is 237 g/mol. The highest BCUT2D eigenvalue weighted by Gasteiger charge is 2.08. The third-order valence-corrected chi connectivity index (χ3v) is 2.77. The zero-order valence-electron chi connectivity index (χ0n) is 9.34. The molecule has 3 rings (SSSR count). The van der Waals surface area contributed by atoms with Gasteiger partial charge >= 0.3 is 0 Å². The van der Waals surface area contributed by atoms with Crippen molar-refractivity contribution in [3.8, 4) is 11.8 Å². The molecule has 2 aromatic heterocycles. The molecule has 2 heterocycles. The molecule has 0 aliphatic rings. The maximum Gasteiger partial charge on any atom is 0.147 e. The summed E-state index contributed by atoms with van der Waals surface area (Å²) in [4.78, 5) is 4.20. The van der Waals surface area contributed by atoms with E-state index in [4.69, 9.17) is 5.26 Å². The van der Waals surface area contributed by atoms with Gasteiger partial charge in [-0.2, -0.15) is 5.26 Å². The number of hydrogen-bond acceptors (Lipinski definition) is 2. The topological polar surface area (TPSA) is 41.6 Å². The summed E-state index contributed by atoms with van der Waals surface area (Å²) in [6, 6.07) is 12.1. The third kappa shape index (κ3) is 1.54. The van der Waals surface area contributed by atoms with Crippen molar-refractivity contribution in [2.75, 3.05) is 0 Å². The maximum atomic E-state index is 13.7. The second-order valence-electron chi connectivity index (χ2n) is 3.89. The molecule has 3 nitrogen and oxygen atoms in total. The number of nitrogens with zero attached hydrogens (tertiary/aromatic N) is 3. The van der Waals surface area contributed by atoms with Crippen LogP contribution in [-0.4, -0.2) is 9.55 Å². The Labute approximate surface area is 103 Å². The number of fused-ring (bicyclic) bond motifs is 1. The van der Waals surface area contributed by atoms with Crippen LogP contribution in [0.5, 0.6) is 0 Å². The minimum atomic E-state index is -0.304. The van der Waals surface area contributed by atoms with Crippen molar-refractivity contribution in [3.05, 3.63) is 60.2 Å². The smallest absolute Gasteiger partial charge is 0.147 e. The SMILES string of the molecule is N#Cc1cnc2c(ccn2-c2ccccc2F)c1. The van der Waals surface area contributed by atoms with Crippen molar-refractivity contribution in [1.29, 1.82) is 5.26 Å². The predicted octanol–water partition coefficient (Wildman–Crippen LogP) is 3.04. The van der Waals surface area contributed by atoms with Crippen molar-refractivity contribution >= 4 is 11.0 Å². The first-order valence-electron chi connectivity index (χ1n) is 5.42. The first-order chi connectivity index (χ1) is 8.79. The number of nitriles is 1. The minimum absolute atomic E-state index is 0.304. The molecule has 0 unspecified atom stereocenters. The maximum absolute atomic E-state index is 13.7. The Kier molecular flexibility index (Phi) is 2.31. The van der Waals surface area contributed by atoms with Gasteiger partial charge in [-0.05, 0) is 24.3 Å². The molecule has 0 spiro atoms. The highest BCUT2D eigenvalue weighted by atomic mass is 19.1. The second kappa shape index (κ2) is 3.97. The first-order valence-corrected chi connectivity index (χ1v) is 5.42. The van der Waals surface area contributed by atoms with E-state index in [1.165, 1.54) is 12.3 Å².